The second-order valence-electron chi connectivity index (χ2n) is 7.28. The molecule has 5 nitrogen and oxygen atoms in total. The fourth-order valence-electron chi connectivity index (χ4n) is 3.03. The SMILES string of the molecule is CCc1noc(CC)c1CNC(=NC)NCC(C)(C)CC(C)C.I. The summed E-state index contributed by atoms with van der Waals surface area (Å²) in [6, 6.07) is 0. The summed E-state index contributed by atoms with van der Waals surface area (Å²) in [7, 11) is 1.81. The normalized spacial score (nSPS) is 12.2. The van der Waals surface area contributed by atoms with Crippen LogP contribution in [0.4, 0.5) is 0 Å². The van der Waals surface area contributed by atoms with E-state index in [-0.39, 0.29) is 29.4 Å². The lowest BCUT2D eigenvalue weighted by Gasteiger charge is -2.28. The minimum Gasteiger partial charge on any atom is -0.361 e. The van der Waals surface area contributed by atoms with E-state index < -0.39 is 0 Å². The fourth-order valence-corrected chi connectivity index (χ4v) is 3.03. The van der Waals surface area contributed by atoms with Gasteiger partial charge >= 0.3 is 0 Å². The Labute approximate surface area is 164 Å². The maximum Gasteiger partial charge on any atom is 0.191 e. The van der Waals surface area contributed by atoms with Gasteiger partial charge in [0.1, 0.15) is 5.76 Å². The van der Waals surface area contributed by atoms with Crippen LogP contribution >= 0.6 is 24.0 Å². The van der Waals surface area contributed by atoms with Gasteiger partial charge in [0.15, 0.2) is 5.96 Å². The molecule has 1 heterocycles. The summed E-state index contributed by atoms with van der Waals surface area (Å²) in [6.07, 6.45) is 2.92. The lowest BCUT2D eigenvalue weighted by atomic mass is 9.84. The number of guanidine groups is 1. The smallest absolute Gasteiger partial charge is 0.191 e. The molecule has 24 heavy (non-hydrogen) atoms. The van der Waals surface area contributed by atoms with Crippen LogP contribution in [0.3, 0.4) is 0 Å². The Bertz CT molecular complexity index is 488. The van der Waals surface area contributed by atoms with Crippen molar-refractivity contribution in [3.8, 4) is 0 Å². The molecule has 0 spiro atoms. The van der Waals surface area contributed by atoms with Crippen LogP contribution in [-0.4, -0.2) is 24.7 Å². The van der Waals surface area contributed by atoms with Crippen LogP contribution in [0.15, 0.2) is 9.52 Å². The van der Waals surface area contributed by atoms with Crippen LogP contribution < -0.4 is 10.6 Å². The number of aliphatic imine (C=N–C) groups is 1. The second-order valence-corrected chi connectivity index (χ2v) is 7.28. The predicted octanol–water partition coefficient (Wildman–Crippen LogP) is 4.15. The van der Waals surface area contributed by atoms with Gasteiger partial charge in [-0.05, 0) is 24.2 Å². The van der Waals surface area contributed by atoms with Gasteiger partial charge in [0.2, 0.25) is 0 Å². The zero-order chi connectivity index (χ0) is 17.5. The Morgan fingerprint density at radius 3 is 2.38 bits per heavy atom. The summed E-state index contributed by atoms with van der Waals surface area (Å²) in [5, 5.41) is 11.0. The van der Waals surface area contributed by atoms with Gasteiger partial charge in [-0.25, -0.2) is 0 Å². The average Bonchev–Trinajstić information content (AvgIpc) is 2.88. The molecule has 1 aromatic rings. The summed E-state index contributed by atoms with van der Waals surface area (Å²) < 4.78 is 5.41. The second kappa shape index (κ2) is 10.9. The third-order valence-electron chi connectivity index (χ3n) is 3.96. The largest absolute Gasteiger partial charge is 0.361 e. The molecule has 1 rings (SSSR count). The number of hydrogen-bond donors (Lipinski definition) is 2. The van der Waals surface area contributed by atoms with E-state index in [2.05, 4.69) is 62.3 Å². The van der Waals surface area contributed by atoms with E-state index in [1.165, 1.54) is 12.0 Å². The van der Waals surface area contributed by atoms with Crippen molar-refractivity contribution in [2.75, 3.05) is 13.6 Å². The first-order chi connectivity index (χ1) is 10.8. The van der Waals surface area contributed by atoms with Crippen LogP contribution in [0.25, 0.3) is 0 Å². The van der Waals surface area contributed by atoms with Crippen molar-refractivity contribution in [2.45, 2.75) is 67.3 Å². The Morgan fingerprint density at radius 1 is 1.21 bits per heavy atom. The molecule has 1 aromatic heterocycles. The molecule has 0 aromatic carbocycles. The topological polar surface area (TPSA) is 62.5 Å². The molecule has 140 valence electrons. The zero-order valence-corrected chi connectivity index (χ0v) is 18.7. The molecule has 0 fully saturated rings. The first-order valence-electron chi connectivity index (χ1n) is 8.73. The highest BCUT2D eigenvalue weighted by molar-refractivity contribution is 14.0. The van der Waals surface area contributed by atoms with Crippen molar-refractivity contribution in [3.05, 3.63) is 17.0 Å². The third kappa shape index (κ3) is 7.40. The number of nitrogens with zero attached hydrogens (tertiary/aromatic N) is 2. The molecule has 0 aliphatic rings. The number of aromatic nitrogens is 1. The molecular weight excluding hydrogens is 415 g/mol. The molecule has 0 aliphatic carbocycles. The maximum atomic E-state index is 5.41. The molecule has 0 unspecified atom stereocenters. The highest BCUT2D eigenvalue weighted by atomic mass is 127. The number of hydrogen-bond acceptors (Lipinski definition) is 3. The first-order valence-corrected chi connectivity index (χ1v) is 8.73. The maximum absolute atomic E-state index is 5.41. The molecule has 0 saturated heterocycles. The van der Waals surface area contributed by atoms with Crippen LogP contribution in [0.1, 0.15) is 65.0 Å². The summed E-state index contributed by atoms with van der Waals surface area (Å²) in [5.74, 6) is 2.48. The van der Waals surface area contributed by atoms with E-state index >= 15 is 0 Å². The lowest BCUT2D eigenvalue weighted by molar-refractivity contribution is 0.286. The predicted molar refractivity (Wildman–Crippen MR) is 112 cm³/mol. The molecule has 6 heteroatoms. The first kappa shape index (κ1) is 23.2. The van der Waals surface area contributed by atoms with Gasteiger partial charge in [-0.2, -0.15) is 0 Å². The Hall–Kier alpha value is -0.790. The summed E-state index contributed by atoms with van der Waals surface area (Å²) in [4.78, 5) is 4.32. The van der Waals surface area contributed by atoms with Gasteiger partial charge in [0.25, 0.3) is 0 Å². The Kier molecular flexibility index (Phi) is 10.6. The van der Waals surface area contributed by atoms with Gasteiger partial charge < -0.3 is 15.2 Å². The van der Waals surface area contributed by atoms with Crippen molar-refractivity contribution in [2.24, 2.45) is 16.3 Å². The number of halogens is 1. The molecule has 0 bridgehead atoms. The molecule has 0 saturated carbocycles. The van der Waals surface area contributed by atoms with E-state index in [4.69, 9.17) is 4.52 Å². The molecular formula is C18H35IN4O. The quantitative estimate of drug-likeness (QED) is 0.355. The Balaban J connectivity index is 0.00000529. The Morgan fingerprint density at radius 2 is 1.88 bits per heavy atom. The van der Waals surface area contributed by atoms with Gasteiger partial charge in [-0.15, -0.1) is 24.0 Å². The van der Waals surface area contributed by atoms with E-state index in [1.54, 1.807) is 7.05 Å². The average molecular weight is 450 g/mol. The van der Waals surface area contributed by atoms with Crippen molar-refractivity contribution in [3.63, 3.8) is 0 Å². The zero-order valence-electron chi connectivity index (χ0n) is 16.3. The number of aryl methyl sites for hydroxylation is 2. The minimum atomic E-state index is 0. The van der Waals surface area contributed by atoms with Crippen molar-refractivity contribution in [1.82, 2.24) is 15.8 Å². The van der Waals surface area contributed by atoms with Crippen LogP contribution in [0.5, 0.6) is 0 Å². The molecule has 2 N–H and O–H groups in total. The fraction of sp³-hybridized carbons (Fsp3) is 0.778. The van der Waals surface area contributed by atoms with Crippen LogP contribution in [-0.2, 0) is 19.4 Å². The van der Waals surface area contributed by atoms with E-state index in [9.17, 15) is 0 Å². The van der Waals surface area contributed by atoms with Crippen molar-refractivity contribution < 1.29 is 4.52 Å². The summed E-state index contributed by atoms with van der Waals surface area (Å²) in [5.41, 5.74) is 2.44. The molecule has 0 aliphatic heterocycles. The van der Waals surface area contributed by atoms with E-state index in [1.807, 2.05) is 0 Å². The van der Waals surface area contributed by atoms with Gasteiger partial charge in [0.05, 0.1) is 5.69 Å². The molecule has 0 atom stereocenters. The van der Waals surface area contributed by atoms with Crippen molar-refractivity contribution >= 4 is 29.9 Å². The highest BCUT2D eigenvalue weighted by Crippen LogP contribution is 2.24. The van der Waals surface area contributed by atoms with Gasteiger partial charge in [-0.1, -0.05) is 46.7 Å². The van der Waals surface area contributed by atoms with E-state index in [0.29, 0.717) is 12.5 Å². The number of nitrogens with one attached hydrogen (secondary N) is 2. The summed E-state index contributed by atoms with van der Waals surface area (Å²) >= 11 is 0. The van der Waals surface area contributed by atoms with Crippen LogP contribution in [0, 0.1) is 11.3 Å². The third-order valence-corrected chi connectivity index (χ3v) is 3.96. The summed E-state index contributed by atoms with van der Waals surface area (Å²) in [6.45, 7) is 14.9. The standard InChI is InChI=1S/C18H34N4O.HI/c1-8-15-14(16(9-2)23-22-15)11-20-17(19-7)21-12-18(5,6)10-13(3)4;/h13H,8-12H2,1-7H3,(H2,19,20,21);1H. The van der Waals surface area contributed by atoms with Gasteiger partial charge in [-0.3, -0.25) is 4.99 Å². The molecule has 0 radical (unpaired) electrons. The lowest BCUT2D eigenvalue weighted by Crippen LogP contribution is -2.42. The van der Waals surface area contributed by atoms with Crippen molar-refractivity contribution in [1.29, 1.82) is 0 Å². The molecule has 0 amide bonds. The van der Waals surface area contributed by atoms with E-state index in [0.717, 1.165) is 36.8 Å². The highest BCUT2D eigenvalue weighted by Gasteiger charge is 2.20. The van der Waals surface area contributed by atoms with Gasteiger partial charge in [0, 0.05) is 32.1 Å². The minimum absolute atomic E-state index is 0. The van der Waals surface area contributed by atoms with Crippen LogP contribution in [0.2, 0.25) is 0 Å². The monoisotopic (exact) mass is 450 g/mol. The number of rotatable bonds is 8.